The third-order valence-electron chi connectivity index (χ3n) is 4.23. The molecule has 0 bridgehead atoms. The number of aromatic nitrogens is 1. The van der Waals surface area contributed by atoms with E-state index in [-0.39, 0.29) is 22.2 Å². The lowest BCUT2D eigenvalue weighted by Gasteiger charge is -2.10. The SMILES string of the molecule is Cc1cc(C(=O)COC(=O)c2ccccc2Cl)c(C)n1-c1cccc(F)c1. The summed E-state index contributed by atoms with van der Waals surface area (Å²) in [4.78, 5) is 24.7. The van der Waals surface area contributed by atoms with Gasteiger partial charge in [0.05, 0.1) is 10.6 Å². The van der Waals surface area contributed by atoms with Crippen LogP contribution >= 0.6 is 11.6 Å². The highest BCUT2D eigenvalue weighted by molar-refractivity contribution is 6.33. The molecule has 27 heavy (non-hydrogen) atoms. The van der Waals surface area contributed by atoms with Gasteiger partial charge in [-0.05, 0) is 50.2 Å². The van der Waals surface area contributed by atoms with Gasteiger partial charge in [-0.2, -0.15) is 0 Å². The van der Waals surface area contributed by atoms with Crippen LogP contribution in [0.25, 0.3) is 5.69 Å². The monoisotopic (exact) mass is 385 g/mol. The highest BCUT2D eigenvalue weighted by Crippen LogP contribution is 2.22. The van der Waals surface area contributed by atoms with Gasteiger partial charge in [0, 0.05) is 22.6 Å². The molecular formula is C21H17ClFNO3. The molecule has 0 saturated carbocycles. The molecular weight excluding hydrogens is 369 g/mol. The second-order valence-electron chi connectivity index (χ2n) is 6.08. The summed E-state index contributed by atoms with van der Waals surface area (Å²) in [6.45, 7) is 3.18. The predicted octanol–water partition coefficient (Wildman–Crippen LogP) is 4.93. The number of carbonyl (C=O) groups excluding carboxylic acids is 2. The summed E-state index contributed by atoms with van der Waals surface area (Å²) in [6.07, 6.45) is 0. The first kappa shape index (κ1) is 18.9. The van der Waals surface area contributed by atoms with Crippen molar-refractivity contribution in [1.82, 2.24) is 4.57 Å². The molecule has 138 valence electrons. The van der Waals surface area contributed by atoms with Gasteiger partial charge in [0.2, 0.25) is 5.78 Å². The van der Waals surface area contributed by atoms with E-state index in [4.69, 9.17) is 16.3 Å². The first-order valence-electron chi connectivity index (χ1n) is 8.28. The normalized spacial score (nSPS) is 10.7. The zero-order valence-electron chi connectivity index (χ0n) is 14.8. The minimum atomic E-state index is -0.659. The summed E-state index contributed by atoms with van der Waals surface area (Å²) < 4.78 is 20.4. The van der Waals surface area contributed by atoms with Crippen molar-refractivity contribution in [1.29, 1.82) is 0 Å². The van der Waals surface area contributed by atoms with Crippen LogP contribution < -0.4 is 0 Å². The zero-order valence-corrected chi connectivity index (χ0v) is 15.6. The van der Waals surface area contributed by atoms with Crippen molar-refractivity contribution in [2.75, 3.05) is 6.61 Å². The van der Waals surface area contributed by atoms with E-state index in [1.807, 2.05) is 6.92 Å². The van der Waals surface area contributed by atoms with Crippen LogP contribution in [0.5, 0.6) is 0 Å². The van der Waals surface area contributed by atoms with Crippen LogP contribution in [0.3, 0.4) is 0 Å². The highest BCUT2D eigenvalue weighted by Gasteiger charge is 2.19. The Labute approximate surface area is 161 Å². The van der Waals surface area contributed by atoms with Gasteiger partial charge in [0.15, 0.2) is 6.61 Å². The van der Waals surface area contributed by atoms with Crippen LogP contribution in [0.2, 0.25) is 5.02 Å². The van der Waals surface area contributed by atoms with E-state index in [0.29, 0.717) is 16.9 Å². The van der Waals surface area contributed by atoms with E-state index in [1.54, 1.807) is 47.9 Å². The molecule has 0 atom stereocenters. The van der Waals surface area contributed by atoms with E-state index < -0.39 is 12.6 Å². The quantitative estimate of drug-likeness (QED) is 0.462. The summed E-state index contributed by atoms with van der Waals surface area (Å²) in [6, 6.07) is 14.3. The number of esters is 1. The number of Topliss-reactive ketones (excluding diaryl/α,β-unsaturated/α-hetero) is 1. The molecule has 2 aromatic carbocycles. The van der Waals surface area contributed by atoms with Gasteiger partial charge in [0.25, 0.3) is 0 Å². The topological polar surface area (TPSA) is 48.3 Å². The first-order chi connectivity index (χ1) is 12.9. The molecule has 1 heterocycles. The van der Waals surface area contributed by atoms with Gasteiger partial charge >= 0.3 is 5.97 Å². The molecule has 0 amide bonds. The number of ether oxygens (including phenoxy) is 1. The van der Waals surface area contributed by atoms with Gasteiger partial charge in [0.1, 0.15) is 5.82 Å². The summed E-state index contributed by atoms with van der Waals surface area (Å²) in [5.41, 5.74) is 2.67. The maximum absolute atomic E-state index is 13.5. The maximum atomic E-state index is 13.5. The van der Waals surface area contributed by atoms with E-state index in [0.717, 1.165) is 5.69 Å². The molecule has 0 radical (unpaired) electrons. The molecule has 0 aliphatic rings. The van der Waals surface area contributed by atoms with Crippen molar-refractivity contribution in [3.8, 4) is 5.69 Å². The number of rotatable bonds is 5. The van der Waals surface area contributed by atoms with E-state index in [1.165, 1.54) is 18.2 Å². The van der Waals surface area contributed by atoms with Crippen LogP contribution in [0.4, 0.5) is 4.39 Å². The van der Waals surface area contributed by atoms with Crippen LogP contribution in [0, 0.1) is 19.7 Å². The Kier molecular flexibility index (Phi) is 5.42. The summed E-state index contributed by atoms with van der Waals surface area (Å²) in [7, 11) is 0. The molecule has 0 fully saturated rings. The lowest BCUT2D eigenvalue weighted by Crippen LogP contribution is -2.15. The molecule has 1 aromatic heterocycles. The van der Waals surface area contributed by atoms with Crippen molar-refractivity contribution in [3.05, 3.63) is 88.0 Å². The zero-order chi connectivity index (χ0) is 19.6. The van der Waals surface area contributed by atoms with Crippen LogP contribution in [-0.4, -0.2) is 22.9 Å². The van der Waals surface area contributed by atoms with Gasteiger partial charge in [-0.1, -0.05) is 29.8 Å². The second-order valence-corrected chi connectivity index (χ2v) is 6.49. The summed E-state index contributed by atoms with van der Waals surface area (Å²) in [5.74, 6) is -1.36. The van der Waals surface area contributed by atoms with Crippen molar-refractivity contribution in [3.63, 3.8) is 0 Å². The van der Waals surface area contributed by atoms with Gasteiger partial charge in [-0.25, -0.2) is 9.18 Å². The number of carbonyl (C=O) groups is 2. The minimum Gasteiger partial charge on any atom is -0.454 e. The number of halogens is 2. The lowest BCUT2D eigenvalue weighted by molar-refractivity contribution is 0.0474. The number of benzene rings is 2. The summed E-state index contributed by atoms with van der Waals surface area (Å²) in [5, 5.41) is 0.263. The Morgan fingerprint density at radius 1 is 1.04 bits per heavy atom. The third kappa shape index (κ3) is 3.93. The lowest BCUT2D eigenvalue weighted by atomic mass is 10.1. The standard InChI is InChI=1S/C21H17ClFNO3/c1-13-10-18(14(2)24(13)16-7-5-6-15(23)11-16)20(25)12-27-21(26)17-8-3-4-9-19(17)22/h3-11H,12H2,1-2H3. The Balaban J connectivity index is 1.79. The molecule has 6 heteroatoms. The average Bonchev–Trinajstić information content (AvgIpc) is 2.94. The molecule has 0 aliphatic heterocycles. The van der Waals surface area contributed by atoms with Crippen LogP contribution in [0.15, 0.2) is 54.6 Å². The predicted molar refractivity (Wildman–Crippen MR) is 101 cm³/mol. The Bertz CT molecular complexity index is 1030. The van der Waals surface area contributed by atoms with E-state index >= 15 is 0 Å². The minimum absolute atomic E-state index is 0.206. The molecule has 0 saturated heterocycles. The van der Waals surface area contributed by atoms with E-state index in [2.05, 4.69) is 0 Å². The number of aryl methyl sites for hydroxylation is 1. The van der Waals surface area contributed by atoms with Crippen molar-refractivity contribution < 1.29 is 18.7 Å². The highest BCUT2D eigenvalue weighted by atomic mass is 35.5. The Hall–Kier alpha value is -2.92. The molecule has 3 aromatic rings. The van der Waals surface area contributed by atoms with Crippen molar-refractivity contribution in [2.45, 2.75) is 13.8 Å². The second kappa shape index (κ2) is 7.76. The number of ketones is 1. The van der Waals surface area contributed by atoms with Crippen molar-refractivity contribution >= 4 is 23.4 Å². The van der Waals surface area contributed by atoms with Crippen molar-refractivity contribution in [2.24, 2.45) is 0 Å². The van der Waals surface area contributed by atoms with Gasteiger partial charge in [-0.3, -0.25) is 4.79 Å². The van der Waals surface area contributed by atoms with Gasteiger partial charge < -0.3 is 9.30 Å². The fourth-order valence-electron chi connectivity index (χ4n) is 2.97. The van der Waals surface area contributed by atoms with Crippen LogP contribution in [-0.2, 0) is 4.74 Å². The van der Waals surface area contributed by atoms with Gasteiger partial charge in [-0.15, -0.1) is 0 Å². The molecule has 0 unspecified atom stereocenters. The fraction of sp³-hybridized carbons (Fsp3) is 0.143. The molecule has 4 nitrogen and oxygen atoms in total. The first-order valence-corrected chi connectivity index (χ1v) is 8.66. The number of hydrogen-bond acceptors (Lipinski definition) is 3. The Morgan fingerprint density at radius 2 is 1.78 bits per heavy atom. The molecule has 3 rings (SSSR count). The molecule has 0 aliphatic carbocycles. The van der Waals surface area contributed by atoms with E-state index in [9.17, 15) is 14.0 Å². The summed E-state index contributed by atoms with van der Waals surface area (Å²) >= 11 is 5.96. The number of nitrogens with zero attached hydrogens (tertiary/aromatic N) is 1. The smallest absolute Gasteiger partial charge is 0.340 e. The third-order valence-corrected chi connectivity index (χ3v) is 4.56. The molecule has 0 spiro atoms. The average molecular weight is 386 g/mol. The fourth-order valence-corrected chi connectivity index (χ4v) is 3.18. The molecule has 0 N–H and O–H groups in total. The maximum Gasteiger partial charge on any atom is 0.340 e. The Morgan fingerprint density at radius 3 is 2.48 bits per heavy atom. The number of hydrogen-bond donors (Lipinski definition) is 0. The van der Waals surface area contributed by atoms with Crippen LogP contribution in [0.1, 0.15) is 32.1 Å². The largest absolute Gasteiger partial charge is 0.454 e.